The van der Waals surface area contributed by atoms with Gasteiger partial charge in [-0.05, 0) is 31.0 Å². The van der Waals surface area contributed by atoms with Gasteiger partial charge in [-0.3, -0.25) is 9.10 Å². The molecule has 0 saturated carbocycles. The number of carbonyl (C=O) groups excluding carboxylic acids is 1. The fourth-order valence-electron chi connectivity index (χ4n) is 1.59. The van der Waals surface area contributed by atoms with Crippen molar-refractivity contribution in [2.45, 2.75) is 20.3 Å². The minimum absolute atomic E-state index is 0.214. The zero-order valence-electron chi connectivity index (χ0n) is 11.8. The van der Waals surface area contributed by atoms with Gasteiger partial charge in [0.15, 0.2) is 0 Å². The van der Waals surface area contributed by atoms with Crippen LogP contribution in [0.15, 0.2) is 22.7 Å². The fourth-order valence-corrected chi connectivity index (χ4v) is 2.80. The number of sulfonamides is 1. The van der Waals surface area contributed by atoms with E-state index in [4.69, 9.17) is 0 Å². The molecule has 0 bridgehead atoms. The van der Waals surface area contributed by atoms with Gasteiger partial charge >= 0.3 is 0 Å². The normalized spacial score (nSPS) is 11.2. The number of nitrogens with zero attached hydrogens (tertiary/aromatic N) is 1. The molecule has 0 fully saturated rings. The van der Waals surface area contributed by atoms with Gasteiger partial charge in [0.2, 0.25) is 15.9 Å². The molecule has 0 aliphatic heterocycles. The average Bonchev–Trinajstić information content (AvgIpc) is 2.35. The van der Waals surface area contributed by atoms with Crippen LogP contribution in [-0.4, -0.2) is 33.7 Å². The van der Waals surface area contributed by atoms with E-state index in [0.29, 0.717) is 12.2 Å². The van der Waals surface area contributed by atoms with E-state index in [-0.39, 0.29) is 12.5 Å². The maximum atomic E-state index is 11.9. The minimum atomic E-state index is -3.52. The van der Waals surface area contributed by atoms with E-state index in [2.05, 4.69) is 21.2 Å². The second kappa shape index (κ2) is 7.08. The molecule has 0 unspecified atom stereocenters. The SMILES string of the molecule is CCCNC(=O)CN(c1ccc(C)c(Br)c1)S(C)(=O)=O. The third-order valence-electron chi connectivity index (χ3n) is 2.70. The highest BCUT2D eigenvalue weighted by Gasteiger charge is 2.21. The summed E-state index contributed by atoms with van der Waals surface area (Å²) in [5.41, 5.74) is 1.47. The Labute approximate surface area is 128 Å². The number of carbonyl (C=O) groups is 1. The van der Waals surface area contributed by atoms with Crippen LogP contribution in [0.4, 0.5) is 5.69 Å². The van der Waals surface area contributed by atoms with Crippen LogP contribution in [-0.2, 0) is 14.8 Å². The van der Waals surface area contributed by atoms with Gasteiger partial charge in [-0.25, -0.2) is 8.42 Å². The van der Waals surface area contributed by atoms with Gasteiger partial charge in [0.1, 0.15) is 6.54 Å². The van der Waals surface area contributed by atoms with E-state index in [1.807, 2.05) is 19.9 Å². The zero-order chi connectivity index (χ0) is 15.3. The molecule has 0 spiro atoms. The van der Waals surface area contributed by atoms with E-state index in [1.54, 1.807) is 12.1 Å². The third kappa shape index (κ3) is 4.79. The Bertz CT molecular complexity index is 587. The van der Waals surface area contributed by atoms with E-state index >= 15 is 0 Å². The van der Waals surface area contributed by atoms with Crippen LogP contribution < -0.4 is 9.62 Å². The summed E-state index contributed by atoms with van der Waals surface area (Å²) in [7, 11) is -3.52. The lowest BCUT2D eigenvalue weighted by molar-refractivity contribution is -0.119. The predicted molar refractivity (Wildman–Crippen MR) is 84.4 cm³/mol. The summed E-state index contributed by atoms with van der Waals surface area (Å²) < 4.78 is 25.6. The van der Waals surface area contributed by atoms with Crippen molar-refractivity contribution in [3.63, 3.8) is 0 Å². The van der Waals surface area contributed by atoms with Crippen molar-refractivity contribution in [3.05, 3.63) is 28.2 Å². The van der Waals surface area contributed by atoms with E-state index in [1.165, 1.54) is 0 Å². The monoisotopic (exact) mass is 362 g/mol. The van der Waals surface area contributed by atoms with E-state index < -0.39 is 10.0 Å². The van der Waals surface area contributed by atoms with Crippen LogP contribution in [0, 0.1) is 6.92 Å². The number of rotatable bonds is 6. The van der Waals surface area contributed by atoms with E-state index in [0.717, 1.165) is 27.0 Å². The molecule has 0 aliphatic carbocycles. The standard InChI is InChI=1S/C13H19BrN2O3S/c1-4-7-15-13(17)9-16(20(3,18)19)11-6-5-10(2)12(14)8-11/h5-6,8H,4,7,9H2,1-3H3,(H,15,17). The maximum absolute atomic E-state index is 11.9. The summed E-state index contributed by atoms with van der Waals surface area (Å²) in [5, 5.41) is 2.67. The molecular formula is C13H19BrN2O3S. The molecule has 20 heavy (non-hydrogen) atoms. The fraction of sp³-hybridized carbons (Fsp3) is 0.462. The number of nitrogens with one attached hydrogen (secondary N) is 1. The first kappa shape index (κ1) is 17.0. The number of anilines is 1. The van der Waals surface area contributed by atoms with Gasteiger partial charge in [0, 0.05) is 11.0 Å². The number of hydrogen-bond donors (Lipinski definition) is 1. The molecule has 1 aromatic rings. The molecule has 0 saturated heterocycles. The largest absolute Gasteiger partial charge is 0.355 e. The second-order valence-corrected chi connectivity index (χ2v) is 7.31. The first-order chi connectivity index (χ1) is 9.25. The van der Waals surface area contributed by atoms with Crippen LogP contribution in [0.5, 0.6) is 0 Å². The number of hydrogen-bond acceptors (Lipinski definition) is 3. The molecule has 112 valence electrons. The minimum Gasteiger partial charge on any atom is -0.355 e. The summed E-state index contributed by atoms with van der Waals surface area (Å²) in [6, 6.07) is 5.19. The molecule has 1 amide bonds. The lowest BCUT2D eigenvalue weighted by atomic mass is 10.2. The van der Waals surface area contributed by atoms with Crippen LogP contribution in [0.2, 0.25) is 0 Å². The Hall–Kier alpha value is -1.08. The Morgan fingerprint density at radius 1 is 1.40 bits per heavy atom. The van der Waals surface area contributed by atoms with Crippen molar-refractivity contribution >= 4 is 37.5 Å². The van der Waals surface area contributed by atoms with Crippen molar-refractivity contribution in [2.24, 2.45) is 0 Å². The van der Waals surface area contributed by atoms with Crippen LogP contribution in [0.3, 0.4) is 0 Å². The molecule has 0 aliphatic rings. The van der Waals surface area contributed by atoms with Crippen molar-refractivity contribution in [1.82, 2.24) is 5.32 Å². The molecule has 7 heteroatoms. The summed E-state index contributed by atoms with van der Waals surface area (Å²) in [6.45, 7) is 4.17. The molecule has 0 atom stereocenters. The lowest BCUT2D eigenvalue weighted by Gasteiger charge is -2.22. The summed E-state index contributed by atoms with van der Waals surface area (Å²) in [5.74, 6) is -0.311. The average molecular weight is 363 g/mol. The summed E-state index contributed by atoms with van der Waals surface area (Å²) >= 11 is 3.37. The van der Waals surface area contributed by atoms with Crippen molar-refractivity contribution in [1.29, 1.82) is 0 Å². The highest BCUT2D eigenvalue weighted by Crippen LogP contribution is 2.25. The van der Waals surface area contributed by atoms with Gasteiger partial charge in [-0.1, -0.05) is 28.9 Å². The Balaban J connectivity index is 3.01. The van der Waals surface area contributed by atoms with Gasteiger partial charge in [0.25, 0.3) is 0 Å². The number of amides is 1. The predicted octanol–water partition coefficient (Wildman–Crippen LogP) is 2.05. The molecule has 0 radical (unpaired) electrons. The molecular weight excluding hydrogens is 344 g/mol. The highest BCUT2D eigenvalue weighted by atomic mass is 79.9. The maximum Gasteiger partial charge on any atom is 0.240 e. The molecule has 1 rings (SSSR count). The van der Waals surface area contributed by atoms with Gasteiger partial charge in [-0.2, -0.15) is 0 Å². The van der Waals surface area contributed by atoms with Crippen molar-refractivity contribution < 1.29 is 13.2 Å². The molecule has 5 nitrogen and oxygen atoms in total. The number of aryl methyl sites for hydroxylation is 1. The first-order valence-corrected chi connectivity index (χ1v) is 8.90. The molecule has 0 aromatic heterocycles. The third-order valence-corrected chi connectivity index (χ3v) is 4.70. The second-order valence-electron chi connectivity index (χ2n) is 4.55. The van der Waals surface area contributed by atoms with Gasteiger partial charge < -0.3 is 5.32 Å². The first-order valence-electron chi connectivity index (χ1n) is 6.26. The van der Waals surface area contributed by atoms with Crippen molar-refractivity contribution in [2.75, 3.05) is 23.7 Å². The Morgan fingerprint density at radius 2 is 2.05 bits per heavy atom. The van der Waals surface area contributed by atoms with Crippen LogP contribution >= 0.6 is 15.9 Å². The number of halogens is 1. The van der Waals surface area contributed by atoms with E-state index in [9.17, 15) is 13.2 Å². The van der Waals surface area contributed by atoms with Crippen molar-refractivity contribution in [3.8, 4) is 0 Å². The topological polar surface area (TPSA) is 66.5 Å². The van der Waals surface area contributed by atoms with Gasteiger partial charge in [-0.15, -0.1) is 0 Å². The smallest absolute Gasteiger partial charge is 0.240 e. The van der Waals surface area contributed by atoms with Gasteiger partial charge in [0.05, 0.1) is 11.9 Å². The van der Waals surface area contributed by atoms with Crippen LogP contribution in [0.25, 0.3) is 0 Å². The Morgan fingerprint density at radius 3 is 2.55 bits per heavy atom. The number of benzene rings is 1. The molecule has 0 heterocycles. The summed E-state index contributed by atoms with van der Waals surface area (Å²) in [6.07, 6.45) is 1.90. The molecule has 1 aromatic carbocycles. The Kier molecular flexibility index (Phi) is 6.01. The molecule has 1 N–H and O–H groups in total. The summed E-state index contributed by atoms with van der Waals surface area (Å²) in [4.78, 5) is 11.8. The highest BCUT2D eigenvalue weighted by molar-refractivity contribution is 9.10. The quantitative estimate of drug-likeness (QED) is 0.841. The van der Waals surface area contributed by atoms with Crippen LogP contribution in [0.1, 0.15) is 18.9 Å². The lowest BCUT2D eigenvalue weighted by Crippen LogP contribution is -2.40. The zero-order valence-corrected chi connectivity index (χ0v) is 14.2.